The molecule has 3 fully saturated rings. The fraction of sp³-hybridized carbons (Fsp3) is 0.682. The van der Waals surface area contributed by atoms with E-state index in [2.05, 4.69) is 41.0 Å². The van der Waals surface area contributed by atoms with Gasteiger partial charge in [0.25, 0.3) is 0 Å². The fourth-order valence-electron chi connectivity index (χ4n) is 5.21. The lowest BCUT2D eigenvalue weighted by Gasteiger charge is -2.36. The summed E-state index contributed by atoms with van der Waals surface area (Å²) in [5.74, 6) is 3.40. The van der Waals surface area contributed by atoms with Crippen LogP contribution in [0, 0.1) is 23.7 Å². The Bertz CT molecular complexity index is 678. The van der Waals surface area contributed by atoms with Gasteiger partial charge >= 0.3 is 0 Å². The third-order valence-corrected chi connectivity index (χ3v) is 7.02. The largest absolute Gasteiger partial charge is 0.493 e. The molecule has 3 aliphatic heterocycles. The van der Waals surface area contributed by atoms with Crippen molar-refractivity contribution in [2.45, 2.75) is 38.6 Å². The van der Waals surface area contributed by atoms with E-state index in [1.165, 1.54) is 18.4 Å². The molecule has 0 spiro atoms. The number of nitrogens with zero attached hydrogens (tertiary/aromatic N) is 2. The molecular formula is C22H30N2O2. The number of rotatable bonds is 3. The van der Waals surface area contributed by atoms with Crippen molar-refractivity contribution in [3.63, 3.8) is 0 Å². The molecule has 4 aliphatic rings. The lowest BCUT2D eigenvalue weighted by Crippen LogP contribution is -2.44. The van der Waals surface area contributed by atoms with E-state index in [9.17, 15) is 4.79 Å². The van der Waals surface area contributed by atoms with Crippen LogP contribution in [0.5, 0.6) is 5.75 Å². The van der Waals surface area contributed by atoms with Gasteiger partial charge in [-0.3, -0.25) is 9.69 Å². The van der Waals surface area contributed by atoms with Gasteiger partial charge in [0.1, 0.15) is 5.75 Å². The van der Waals surface area contributed by atoms with E-state index in [0.717, 1.165) is 56.6 Å². The number of likely N-dealkylation sites (tertiary alicyclic amines) is 2. The second-order valence-electron chi connectivity index (χ2n) is 8.97. The normalized spacial score (nSPS) is 32.0. The van der Waals surface area contributed by atoms with E-state index in [1.807, 2.05) is 0 Å². The molecule has 0 aromatic heterocycles. The Morgan fingerprint density at radius 3 is 2.69 bits per heavy atom. The summed E-state index contributed by atoms with van der Waals surface area (Å²) in [4.78, 5) is 18.1. The summed E-state index contributed by atoms with van der Waals surface area (Å²) in [6, 6.07) is 8.82. The van der Waals surface area contributed by atoms with Gasteiger partial charge in [0.05, 0.1) is 12.5 Å². The Morgan fingerprint density at radius 2 is 1.92 bits per heavy atom. The molecule has 2 saturated heterocycles. The van der Waals surface area contributed by atoms with Crippen LogP contribution >= 0.6 is 0 Å². The first-order valence-corrected chi connectivity index (χ1v) is 10.5. The molecule has 0 N–H and O–H groups in total. The predicted octanol–water partition coefficient (Wildman–Crippen LogP) is 3.34. The maximum absolute atomic E-state index is 13.4. The Kier molecular flexibility index (Phi) is 4.19. The van der Waals surface area contributed by atoms with E-state index < -0.39 is 0 Å². The predicted molar refractivity (Wildman–Crippen MR) is 101 cm³/mol. The molecule has 1 aromatic carbocycles. The molecule has 3 heterocycles. The van der Waals surface area contributed by atoms with Crippen LogP contribution in [0.3, 0.4) is 0 Å². The van der Waals surface area contributed by atoms with Gasteiger partial charge in [0, 0.05) is 43.7 Å². The number of amides is 1. The molecular weight excluding hydrogens is 324 g/mol. The first kappa shape index (κ1) is 16.6. The molecule has 0 unspecified atom stereocenters. The van der Waals surface area contributed by atoms with E-state index in [-0.39, 0.29) is 5.92 Å². The number of para-hydroxylation sites is 1. The van der Waals surface area contributed by atoms with Gasteiger partial charge in [0.15, 0.2) is 0 Å². The number of ether oxygens (including phenoxy) is 1. The Hall–Kier alpha value is -1.55. The van der Waals surface area contributed by atoms with E-state index in [0.29, 0.717) is 24.5 Å². The van der Waals surface area contributed by atoms with E-state index in [4.69, 9.17) is 4.74 Å². The standard InChI is InChI=1S/C22H30N2O2/c1-15-8-10-23(11-9-15)22(25)18-13-24(12-16-6-7-16)21-17-4-2-3-5-20(17)26-14-19(18)21/h2-5,15-16,18-19,21H,6-14H2,1H3/t18-,19+,21+/m1/s1. The van der Waals surface area contributed by atoms with Crippen molar-refractivity contribution in [3.05, 3.63) is 29.8 Å². The third kappa shape index (κ3) is 2.92. The zero-order valence-corrected chi connectivity index (χ0v) is 15.8. The summed E-state index contributed by atoms with van der Waals surface area (Å²) in [6.45, 7) is 6.92. The van der Waals surface area contributed by atoms with Crippen molar-refractivity contribution in [1.29, 1.82) is 0 Å². The van der Waals surface area contributed by atoms with Crippen LogP contribution in [0.1, 0.15) is 44.2 Å². The highest BCUT2D eigenvalue weighted by molar-refractivity contribution is 5.80. The van der Waals surface area contributed by atoms with Gasteiger partial charge in [-0.2, -0.15) is 0 Å². The molecule has 5 rings (SSSR count). The zero-order valence-electron chi connectivity index (χ0n) is 15.8. The summed E-state index contributed by atoms with van der Waals surface area (Å²) < 4.78 is 6.09. The Morgan fingerprint density at radius 1 is 1.15 bits per heavy atom. The second-order valence-corrected chi connectivity index (χ2v) is 8.97. The maximum atomic E-state index is 13.4. The van der Waals surface area contributed by atoms with Crippen LogP contribution in [-0.4, -0.2) is 48.5 Å². The van der Waals surface area contributed by atoms with Crippen LogP contribution in [0.4, 0.5) is 0 Å². The number of piperidine rings is 1. The summed E-state index contributed by atoms with van der Waals surface area (Å²) in [5.41, 5.74) is 1.30. The van der Waals surface area contributed by atoms with Crippen molar-refractivity contribution >= 4 is 5.91 Å². The summed E-state index contributed by atoms with van der Waals surface area (Å²) >= 11 is 0. The molecule has 1 aromatic rings. The lowest BCUT2D eigenvalue weighted by molar-refractivity contribution is -0.138. The highest BCUT2D eigenvalue weighted by atomic mass is 16.5. The second kappa shape index (κ2) is 6.56. The molecule has 0 radical (unpaired) electrons. The minimum Gasteiger partial charge on any atom is -0.493 e. The topological polar surface area (TPSA) is 32.8 Å². The van der Waals surface area contributed by atoms with E-state index >= 15 is 0 Å². The molecule has 0 bridgehead atoms. The van der Waals surface area contributed by atoms with Gasteiger partial charge in [-0.15, -0.1) is 0 Å². The first-order chi connectivity index (χ1) is 12.7. The van der Waals surface area contributed by atoms with Gasteiger partial charge in [-0.05, 0) is 43.6 Å². The molecule has 4 heteroatoms. The number of carbonyl (C=O) groups is 1. The highest BCUT2D eigenvalue weighted by Crippen LogP contribution is 2.49. The van der Waals surface area contributed by atoms with Gasteiger partial charge < -0.3 is 9.64 Å². The molecule has 1 saturated carbocycles. The van der Waals surface area contributed by atoms with Gasteiger partial charge in [-0.25, -0.2) is 0 Å². The number of hydrogen-bond donors (Lipinski definition) is 0. The van der Waals surface area contributed by atoms with Gasteiger partial charge in [-0.1, -0.05) is 25.1 Å². The number of benzene rings is 1. The van der Waals surface area contributed by atoms with Crippen molar-refractivity contribution < 1.29 is 9.53 Å². The van der Waals surface area contributed by atoms with Crippen LogP contribution in [0.2, 0.25) is 0 Å². The molecule has 26 heavy (non-hydrogen) atoms. The van der Waals surface area contributed by atoms with Crippen LogP contribution in [0.25, 0.3) is 0 Å². The van der Waals surface area contributed by atoms with Crippen molar-refractivity contribution in [2.75, 3.05) is 32.8 Å². The van der Waals surface area contributed by atoms with E-state index in [1.54, 1.807) is 0 Å². The third-order valence-electron chi connectivity index (χ3n) is 7.02. The van der Waals surface area contributed by atoms with Crippen LogP contribution in [0.15, 0.2) is 24.3 Å². The summed E-state index contributed by atoms with van der Waals surface area (Å²) in [6.07, 6.45) is 5.01. The average molecular weight is 354 g/mol. The Balaban J connectivity index is 1.40. The fourth-order valence-corrected chi connectivity index (χ4v) is 5.21. The van der Waals surface area contributed by atoms with Gasteiger partial charge in [0.2, 0.25) is 5.91 Å². The van der Waals surface area contributed by atoms with Crippen molar-refractivity contribution in [2.24, 2.45) is 23.7 Å². The van der Waals surface area contributed by atoms with Crippen molar-refractivity contribution in [3.8, 4) is 5.75 Å². The smallest absolute Gasteiger partial charge is 0.227 e. The molecule has 140 valence electrons. The quantitative estimate of drug-likeness (QED) is 0.835. The Labute approximate surface area is 156 Å². The average Bonchev–Trinajstić information content (AvgIpc) is 3.41. The molecule has 4 nitrogen and oxygen atoms in total. The minimum absolute atomic E-state index is 0.0977. The number of carbonyl (C=O) groups excluding carboxylic acids is 1. The van der Waals surface area contributed by atoms with Crippen LogP contribution in [-0.2, 0) is 4.79 Å². The molecule has 3 atom stereocenters. The van der Waals surface area contributed by atoms with Crippen molar-refractivity contribution in [1.82, 2.24) is 9.80 Å². The molecule has 1 aliphatic carbocycles. The highest BCUT2D eigenvalue weighted by Gasteiger charge is 2.50. The number of fused-ring (bicyclic) bond motifs is 3. The summed E-state index contributed by atoms with van der Waals surface area (Å²) in [7, 11) is 0. The minimum atomic E-state index is 0.0977. The monoisotopic (exact) mass is 354 g/mol. The molecule has 1 amide bonds. The lowest BCUT2D eigenvalue weighted by atomic mass is 9.84. The van der Waals surface area contributed by atoms with Crippen LogP contribution < -0.4 is 4.74 Å². The maximum Gasteiger partial charge on any atom is 0.227 e. The SMILES string of the molecule is CC1CCN(C(=O)[C@@H]2CN(CC3CC3)[C@H]3c4ccccc4OC[C@@H]23)CC1. The summed E-state index contributed by atoms with van der Waals surface area (Å²) in [5, 5.41) is 0. The zero-order chi connectivity index (χ0) is 17.7. The first-order valence-electron chi connectivity index (χ1n) is 10.5. The number of hydrogen-bond acceptors (Lipinski definition) is 3.